The van der Waals surface area contributed by atoms with Crippen molar-refractivity contribution in [1.29, 1.82) is 0 Å². The Bertz CT molecular complexity index is 599. The zero-order valence-corrected chi connectivity index (χ0v) is 11.7. The standard InChI is InChI=1S/C13H19FN2O5/c1-2-3-4-7-5-16(13(20)15-11(7)19)12-9(14)10(18)8(6-17)21-12/h5,8-10,12,17-18H,2-4,6H2,1H3,(H,15,19,20)/t8-,9+,10-,12-/m1/s1. The lowest BCUT2D eigenvalue weighted by Crippen LogP contribution is -2.37. The lowest BCUT2D eigenvalue weighted by molar-refractivity contribution is -0.0492. The van der Waals surface area contributed by atoms with Crippen molar-refractivity contribution in [2.75, 3.05) is 6.61 Å². The summed E-state index contributed by atoms with van der Waals surface area (Å²) in [5.41, 5.74) is -0.953. The Kier molecular flexibility index (Phi) is 4.92. The van der Waals surface area contributed by atoms with E-state index in [4.69, 9.17) is 9.84 Å². The molecular formula is C13H19FN2O5. The van der Waals surface area contributed by atoms with Gasteiger partial charge in [-0.2, -0.15) is 0 Å². The van der Waals surface area contributed by atoms with Gasteiger partial charge < -0.3 is 14.9 Å². The molecule has 2 rings (SSSR count). The van der Waals surface area contributed by atoms with Crippen LogP contribution in [0.1, 0.15) is 31.6 Å². The summed E-state index contributed by atoms with van der Waals surface area (Å²) >= 11 is 0. The van der Waals surface area contributed by atoms with Gasteiger partial charge in [-0.3, -0.25) is 14.3 Å². The molecule has 0 unspecified atom stereocenters. The van der Waals surface area contributed by atoms with Crippen LogP contribution < -0.4 is 11.2 Å². The van der Waals surface area contributed by atoms with Gasteiger partial charge in [-0.25, -0.2) is 9.18 Å². The van der Waals surface area contributed by atoms with Crippen LogP contribution in [-0.2, 0) is 11.2 Å². The Hall–Kier alpha value is -1.51. The number of ether oxygens (including phenoxy) is 1. The van der Waals surface area contributed by atoms with E-state index in [-0.39, 0.29) is 0 Å². The highest BCUT2D eigenvalue weighted by molar-refractivity contribution is 5.06. The molecule has 3 N–H and O–H groups in total. The van der Waals surface area contributed by atoms with E-state index in [0.29, 0.717) is 12.0 Å². The van der Waals surface area contributed by atoms with E-state index >= 15 is 0 Å². The number of aryl methyl sites for hydroxylation is 1. The van der Waals surface area contributed by atoms with Crippen molar-refractivity contribution < 1.29 is 19.3 Å². The predicted octanol–water partition coefficient (Wildman–Crippen LogP) is -0.532. The fraction of sp³-hybridized carbons (Fsp3) is 0.692. The maximum atomic E-state index is 14.0. The first-order valence-electron chi connectivity index (χ1n) is 6.92. The van der Waals surface area contributed by atoms with Crippen molar-refractivity contribution in [1.82, 2.24) is 9.55 Å². The summed E-state index contributed by atoms with van der Waals surface area (Å²) in [6, 6.07) is 0. The van der Waals surface area contributed by atoms with Gasteiger partial charge in [0.2, 0.25) is 0 Å². The van der Waals surface area contributed by atoms with E-state index in [2.05, 4.69) is 4.98 Å². The number of unbranched alkanes of at least 4 members (excludes halogenated alkanes) is 1. The van der Waals surface area contributed by atoms with E-state index in [1.807, 2.05) is 6.92 Å². The molecule has 1 saturated heterocycles. The summed E-state index contributed by atoms with van der Waals surface area (Å²) in [6.45, 7) is 1.41. The summed E-state index contributed by atoms with van der Waals surface area (Å²) in [4.78, 5) is 25.6. The Labute approximate surface area is 120 Å². The lowest BCUT2D eigenvalue weighted by atomic mass is 10.1. The van der Waals surface area contributed by atoms with Crippen LogP contribution in [-0.4, -0.2) is 44.8 Å². The van der Waals surface area contributed by atoms with Crippen LogP contribution in [0.15, 0.2) is 15.8 Å². The van der Waals surface area contributed by atoms with Gasteiger partial charge in [-0.15, -0.1) is 0 Å². The lowest BCUT2D eigenvalue weighted by Gasteiger charge is -2.16. The monoisotopic (exact) mass is 302 g/mol. The molecule has 0 radical (unpaired) electrons. The van der Waals surface area contributed by atoms with Crippen LogP contribution in [0.2, 0.25) is 0 Å². The second-order valence-electron chi connectivity index (χ2n) is 5.11. The quantitative estimate of drug-likeness (QED) is 0.678. The number of hydrogen-bond acceptors (Lipinski definition) is 5. The molecule has 0 spiro atoms. The number of aromatic amines is 1. The van der Waals surface area contributed by atoms with Crippen molar-refractivity contribution in [2.24, 2.45) is 0 Å². The average molecular weight is 302 g/mol. The number of aliphatic hydroxyl groups excluding tert-OH is 2. The average Bonchev–Trinajstić information content (AvgIpc) is 2.74. The molecule has 1 fully saturated rings. The fourth-order valence-electron chi connectivity index (χ4n) is 2.34. The Balaban J connectivity index is 2.35. The molecule has 1 aliphatic heterocycles. The van der Waals surface area contributed by atoms with Gasteiger partial charge in [0.1, 0.15) is 12.2 Å². The normalized spacial score (nSPS) is 29.0. The summed E-state index contributed by atoms with van der Waals surface area (Å²) in [7, 11) is 0. The van der Waals surface area contributed by atoms with Crippen molar-refractivity contribution in [3.8, 4) is 0 Å². The Morgan fingerprint density at radius 3 is 2.76 bits per heavy atom. The number of hydrogen-bond donors (Lipinski definition) is 3. The maximum absolute atomic E-state index is 14.0. The first kappa shape index (κ1) is 15.9. The molecule has 0 bridgehead atoms. The number of rotatable bonds is 5. The molecule has 2 heterocycles. The SMILES string of the molecule is CCCCc1cn([C@@H]2O[C@H](CO)[C@@H](O)[C@@H]2F)c(=O)[nH]c1=O. The first-order chi connectivity index (χ1) is 9.99. The first-order valence-corrected chi connectivity index (χ1v) is 6.92. The highest BCUT2D eigenvalue weighted by atomic mass is 19.1. The van der Waals surface area contributed by atoms with Crippen LogP contribution >= 0.6 is 0 Å². The molecule has 7 nitrogen and oxygen atoms in total. The minimum absolute atomic E-state index is 0.356. The van der Waals surface area contributed by atoms with Crippen LogP contribution in [0.3, 0.4) is 0 Å². The minimum atomic E-state index is -1.86. The third-order valence-corrected chi connectivity index (χ3v) is 3.59. The number of H-pyrrole nitrogens is 1. The van der Waals surface area contributed by atoms with E-state index in [1.54, 1.807) is 0 Å². The van der Waals surface area contributed by atoms with E-state index in [9.17, 15) is 19.1 Å². The second kappa shape index (κ2) is 6.50. The maximum Gasteiger partial charge on any atom is 0.330 e. The van der Waals surface area contributed by atoms with Crippen LogP contribution in [0.5, 0.6) is 0 Å². The molecule has 0 saturated carbocycles. The summed E-state index contributed by atoms with van der Waals surface area (Å²) in [6.07, 6.45) is -2.47. The number of halogens is 1. The molecule has 0 aliphatic carbocycles. The van der Waals surface area contributed by atoms with Gasteiger partial charge in [0.15, 0.2) is 12.4 Å². The summed E-state index contributed by atoms with van der Waals surface area (Å²) in [5.74, 6) is 0. The minimum Gasteiger partial charge on any atom is -0.394 e. The van der Waals surface area contributed by atoms with Gasteiger partial charge in [0, 0.05) is 11.8 Å². The van der Waals surface area contributed by atoms with Crippen molar-refractivity contribution >= 4 is 0 Å². The molecule has 4 atom stereocenters. The fourth-order valence-corrected chi connectivity index (χ4v) is 2.34. The number of aromatic nitrogens is 2. The Morgan fingerprint density at radius 2 is 2.19 bits per heavy atom. The highest BCUT2D eigenvalue weighted by Crippen LogP contribution is 2.30. The highest BCUT2D eigenvalue weighted by Gasteiger charge is 2.45. The number of nitrogens with zero attached hydrogens (tertiary/aromatic N) is 1. The van der Waals surface area contributed by atoms with Gasteiger partial charge in [-0.05, 0) is 12.8 Å². The molecule has 118 valence electrons. The largest absolute Gasteiger partial charge is 0.394 e. The number of aliphatic hydroxyl groups is 2. The zero-order chi connectivity index (χ0) is 15.6. The molecule has 0 aromatic carbocycles. The van der Waals surface area contributed by atoms with Crippen molar-refractivity contribution in [3.63, 3.8) is 0 Å². The van der Waals surface area contributed by atoms with E-state index in [1.165, 1.54) is 6.20 Å². The zero-order valence-electron chi connectivity index (χ0n) is 11.7. The predicted molar refractivity (Wildman–Crippen MR) is 71.8 cm³/mol. The topological polar surface area (TPSA) is 105 Å². The summed E-state index contributed by atoms with van der Waals surface area (Å²) < 4.78 is 20.1. The van der Waals surface area contributed by atoms with Crippen LogP contribution in [0, 0.1) is 0 Å². The summed E-state index contributed by atoms with van der Waals surface area (Å²) in [5, 5.41) is 18.6. The van der Waals surface area contributed by atoms with Gasteiger partial charge >= 0.3 is 5.69 Å². The van der Waals surface area contributed by atoms with E-state index < -0.39 is 42.5 Å². The molecule has 0 amide bonds. The Morgan fingerprint density at radius 1 is 1.48 bits per heavy atom. The molecule has 21 heavy (non-hydrogen) atoms. The number of nitrogens with one attached hydrogen (secondary N) is 1. The van der Waals surface area contributed by atoms with Crippen molar-refractivity contribution in [3.05, 3.63) is 32.6 Å². The number of alkyl halides is 1. The molecule has 1 aromatic heterocycles. The smallest absolute Gasteiger partial charge is 0.330 e. The van der Waals surface area contributed by atoms with Crippen LogP contribution in [0.25, 0.3) is 0 Å². The van der Waals surface area contributed by atoms with Crippen molar-refractivity contribution in [2.45, 2.75) is 50.8 Å². The third kappa shape index (κ3) is 3.07. The van der Waals surface area contributed by atoms with Gasteiger partial charge in [-0.1, -0.05) is 13.3 Å². The molecular weight excluding hydrogens is 283 g/mol. The molecule has 1 aliphatic rings. The third-order valence-electron chi connectivity index (χ3n) is 3.59. The molecule has 1 aromatic rings. The van der Waals surface area contributed by atoms with Gasteiger partial charge in [0.05, 0.1) is 6.61 Å². The molecule has 8 heteroatoms. The second-order valence-corrected chi connectivity index (χ2v) is 5.11. The van der Waals surface area contributed by atoms with E-state index in [0.717, 1.165) is 17.4 Å². The van der Waals surface area contributed by atoms with Gasteiger partial charge in [0.25, 0.3) is 5.56 Å². The van der Waals surface area contributed by atoms with Crippen LogP contribution in [0.4, 0.5) is 4.39 Å².